The largest absolute Gasteiger partial charge is 0.508 e. The van der Waals surface area contributed by atoms with Crippen molar-refractivity contribution in [1.82, 2.24) is 0 Å². The Kier molecular flexibility index (Phi) is 4.77. The molecular weight excluding hydrogens is 386 g/mol. The van der Waals surface area contributed by atoms with E-state index in [0.29, 0.717) is 28.0 Å². The van der Waals surface area contributed by atoms with Crippen LogP contribution in [0.2, 0.25) is 0 Å². The maximum absolute atomic E-state index is 12.2. The van der Waals surface area contributed by atoms with Gasteiger partial charge in [-0.2, -0.15) is 0 Å². The molecule has 0 saturated heterocycles. The fraction of sp³-hybridized carbons (Fsp3) is 0. The lowest BCUT2D eigenvalue weighted by Crippen LogP contribution is -2.07. The average molecular weight is 403 g/mol. The van der Waals surface area contributed by atoms with Crippen LogP contribution in [0, 0.1) is 0 Å². The maximum atomic E-state index is 12.2. The number of carbonyl (C=O) groups is 1. The van der Waals surface area contributed by atoms with Crippen molar-refractivity contribution in [2.24, 2.45) is 0 Å². The Bertz CT molecular complexity index is 1270. The Labute approximate surface area is 170 Å². The number of amides is 1. The summed E-state index contributed by atoms with van der Waals surface area (Å²) in [6.45, 7) is 0. The van der Waals surface area contributed by atoms with Crippen LogP contribution < -0.4 is 5.32 Å². The van der Waals surface area contributed by atoms with Gasteiger partial charge in [0.1, 0.15) is 11.5 Å². The van der Waals surface area contributed by atoms with Gasteiger partial charge in [0, 0.05) is 22.7 Å². The summed E-state index contributed by atoms with van der Waals surface area (Å²) < 4.78 is 5.73. The zero-order chi connectivity index (χ0) is 21.3. The summed E-state index contributed by atoms with van der Waals surface area (Å²) in [6, 6.07) is 15.1. The van der Waals surface area contributed by atoms with E-state index in [9.17, 15) is 25.2 Å². The first-order chi connectivity index (χ1) is 14.4. The second-order valence-electron chi connectivity index (χ2n) is 6.60. The van der Waals surface area contributed by atoms with Crippen molar-refractivity contribution in [2.45, 2.75) is 0 Å². The Morgan fingerprint density at radius 3 is 2.30 bits per heavy atom. The molecule has 7 heteroatoms. The van der Waals surface area contributed by atoms with Crippen LogP contribution in [0.5, 0.6) is 23.0 Å². The lowest BCUT2D eigenvalue weighted by Gasteiger charge is -2.02. The second-order valence-corrected chi connectivity index (χ2v) is 6.60. The van der Waals surface area contributed by atoms with Crippen molar-refractivity contribution in [3.63, 3.8) is 0 Å². The summed E-state index contributed by atoms with van der Waals surface area (Å²) in [6.07, 6.45) is 2.93. The number of benzene rings is 3. The number of rotatable bonds is 4. The normalized spacial score (nSPS) is 11.2. The summed E-state index contributed by atoms with van der Waals surface area (Å²) in [7, 11) is 0. The van der Waals surface area contributed by atoms with E-state index in [2.05, 4.69) is 5.32 Å². The molecule has 0 bridgehead atoms. The molecule has 4 aromatic rings. The number of carbonyl (C=O) groups excluding carboxylic acids is 1. The zero-order valence-electron chi connectivity index (χ0n) is 15.5. The molecule has 0 aliphatic heterocycles. The van der Waals surface area contributed by atoms with E-state index in [-0.39, 0.29) is 34.5 Å². The van der Waals surface area contributed by atoms with Crippen LogP contribution >= 0.6 is 0 Å². The minimum absolute atomic E-state index is 0.0649. The molecule has 4 rings (SSSR count). The number of furan rings is 1. The smallest absolute Gasteiger partial charge is 0.248 e. The molecule has 0 fully saturated rings. The average Bonchev–Trinajstić information content (AvgIpc) is 3.18. The van der Waals surface area contributed by atoms with Crippen molar-refractivity contribution >= 4 is 28.6 Å². The molecule has 1 heterocycles. The Morgan fingerprint density at radius 1 is 0.833 bits per heavy atom. The molecule has 150 valence electrons. The number of nitrogens with one attached hydrogen (secondary N) is 1. The number of hydrogen-bond acceptors (Lipinski definition) is 6. The number of aromatic hydroxyl groups is 4. The molecule has 1 amide bonds. The van der Waals surface area contributed by atoms with Crippen molar-refractivity contribution < 1.29 is 29.6 Å². The topological polar surface area (TPSA) is 123 Å². The van der Waals surface area contributed by atoms with E-state index in [0.717, 1.165) is 0 Å². The second kappa shape index (κ2) is 7.56. The Hall–Kier alpha value is -4.39. The van der Waals surface area contributed by atoms with Gasteiger partial charge < -0.3 is 30.2 Å². The molecular formula is C23H17NO6. The lowest BCUT2D eigenvalue weighted by atomic mass is 10.1. The molecule has 0 atom stereocenters. The van der Waals surface area contributed by atoms with Crippen molar-refractivity contribution in [3.05, 3.63) is 72.3 Å². The lowest BCUT2D eigenvalue weighted by molar-refractivity contribution is -0.111. The minimum Gasteiger partial charge on any atom is -0.508 e. The highest BCUT2D eigenvalue weighted by Gasteiger charge is 2.14. The van der Waals surface area contributed by atoms with E-state index >= 15 is 0 Å². The summed E-state index contributed by atoms with van der Waals surface area (Å²) in [5, 5.41) is 41.9. The first-order valence-corrected chi connectivity index (χ1v) is 8.96. The van der Waals surface area contributed by atoms with Gasteiger partial charge in [0.05, 0.1) is 0 Å². The first-order valence-electron chi connectivity index (χ1n) is 8.96. The molecule has 0 radical (unpaired) electrons. The van der Waals surface area contributed by atoms with Crippen LogP contribution in [0.15, 0.2) is 71.2 Å². The molecule has 0 aliphatic rings. The molecule has 0 aliphatic carbocycles. The van der Waals surface area contributed by atoms with E-state index in [1.165, 1.54) is 36.4 Å². The van der Waals surface area contributed by atoms with Crippen molar-refractivity contribution in [1.29, 1.82) is 0 Å². The van der Waals surface area contributed by atoms with Gasteiger partial charge in [-0.25, -0.2) is 0 Å². The highest BCUT2D eigenvalue weighted by Crippen LogP contribution is 2.37. The van der Waals surface area contributed by atoms with Crippen molar-refractivity contribution in [2.75, 3.05) is 5.32 Å². The van der Waals surface area contributed by atoms with E-state index in [1.807, 2.05) is 0 Å². The standard InChI is InChI=1S/C23H17NO6/c25-16-6-4-15(5-7-16)24-22(29)10-3-13-1-9-19(27)23-17(13)12-21(30-23)14-2-8-18(26)20(28)11-14/h1-12,25-28H,(H,24,29)/b10-3+. The SMILES string of the molecule is O=C(/C=C/c1ccc(O)c2oc(-c3ccc(O)c(O)c3)cc12)Nc1ccc(O)cc1. The summed E-state index contributed by atoms with van der Waals surface area (Å²) >= 11 is 0. The molecule has 30 heavy (non-hydrogen) atoms. The van der Waals surface area contributed by atoms with Gasteiger partial charge in [0.15, 0.2) is 22.8 Å². The van der Waals surface area contributed by atoms with E-state index < -0.39 is 0 Å². The van der Waals surface area contributed by atoms with Crippen LogP contribution in [0.4, 0.5) is 5.69 Å². The monoisotopic (exact) mass is 403 g/mol. The summed E-state index contributed by atoms with van der Waals surface area (Å²) in [4.78, 5) is 12.2. The Balaban J connectivity index is 1.64. The van der Waals surface area contributed by atoms with Gasteiger partial charge in [-0.3, -0.25) is 4.79 Å². The maximum Gasteiger partial charge on any atom is 0.248 e. The highest BCUT2D eigenvalue weighted by molar-refractivity contribution is 6.04. The quantitative estimate of drug-likeness (QED) is 0.193. The van der Waals surface area contributed by atoms with Crippen molar-refractivity contribution in [3.8, 4) is 34.3 Å². The zero-order valence-corrected chi connectivity index (χ0v) is 15.5. The Morgan fingerprint density at radius 2 is 1.57 bits per heavy atom. The molecule has 7 nitrogen and oxygen atoms in total. The van der Waals surface area contributed by atoms with Gasteiger partial charge in [-0.1, -0.05) is 6.07 Å². The van der Waals surface area contributed by atoms with Gasteiger partial charge in [-0.15, -0.1) is 0 Å². The van der Waals surface area contributed by atoms with E-state index in [4.69, 9.17) is 4.42 Å². The molecule has 0 spiro atoms. The fourth-order valence-corrected chi connectivity index (χ4v) is 2.99. The summed E-state index contributed by atoms with van der Waals surface area (Å²) in [5.74, 6) is -0.485. The number of anilines is 1. The minimum atomic E-state index is -0.367. The third-order valence-corrected chi connectivity index (χ3v) is 4.51. The van der Waals surface area contributed by atoms with Gasteiger partial charge >= 0.3 is 0 Å². The number of phenolic OH excluding ortho intramolecular Hbond substituents is 4. The first kappa shape index (κ1) is 18.9. The van der Waals surface area contributed by atoms with E-state index in [1.54, 1.807) is 36.4 Å². The highest BCUT2D eigenvalue weighted by atomic mass is 16.4. The molecule has 3 aromatic carbocycles. The molecule has 1 aromatic heterocycles. The van der Waals surface area contributed by atoms with Crippen LogP contribution in [-0.2, 0) is 4.79 Å². The molecule has 0 unspecified atom stereocenters. The number of fused-ring (bicyclic) bond motifs is 1. The van der Waals surface area contributed by atoms with Crippen LogP contribution in [0.1, 0.15) is 5.56 Å². The number of hydrogen-bond donors (Lipinski definition) is 5. The van der Waals surface area contributed by atoms with Gasteiger partial charge in [0.2, 0.25) is 5.91 Å². The summed E-state index contributed by atoms with van der Waals surface area (Å²) in [5.41, 5.74) is 1.93. The fourth-order valence-electron chi connectivity index (χ4n) is 2.99. The van der Waals surface area contributed by atoms with Crippen LogP contribution in [0.25, 0.3) is 28.4 Å². The molecule has 5 N–H and O–H groups in total. The molecule has 0 saturated carbocycles. The predicted molar refractivity (Wildman–Crippen MR) is 112 cm³/mol. The third kappa shape index (κ3) is 3.77. The van der Waals surface area contributed by atoms with Crippen LogP contribution in [-0.4, -0.2) is 26.3 Å². The van der Waals surface area contributed by atoms with Gasteiger partial charge in [-0.05, 0) is 66.2 Å². The predicted octanol–water partition coefficient (Wildman–Crippen LogP) is 4.57. The third-order valence-electron chi connectivity index (χ3n) is 4.51. The van der Waals surface area contributed by atoms with Gasteiger partial charge in [0.25, 0.3) is 0 Å². The van der Waals surface area contributed by atoms with Crippen LogP contribution in [0.3, 0.4) is 0 Å². The number of phenols is 4.